The van der Waals surface area contributed by atoms with Gasteiger partial charge in [-0.25, -0.2) is 9.97 Å². The van der Waals surface area contributed by atoms with Crippen molar-refractivity contribution in [3.8, 4) is 11.8 Å². The molecule has 0 unspecified atom stereocenters. The summed E-state index contributed by atoms with van der Waals surface area (Å²) in [6.45, 7) is 3.31. The number of aryl methyl sites for hydroxylation is 1. The second-order valence-corrected chi connectivity index (χ2v) is 6.16. The van der Waals surface area contributed by atoms with E-state index in [0.717, 1.165) is 5.69 Å². The average Bonchev–Trinajstić information content (AvgIpc) is 2.64. The Labute approximate surface area is 158 Å². The molecule has 0 spiro atoms. The predicted molar refractivity (Wildman–Crippen MR) is 101 cm³/mol. The molecule has 0 radical (unpaired) electrons. The number of carbonyl (C=O) groups is 1. The van der Waals surface area contributed by atoms with Crippen LogP contribution >= 0.6 is 12.4 Å². The molecule has 1 amide bonds. The summed E-state index contributed by atoms with van der Waals surface area (Å²) >= 11 is 0. The Hall–Kier alpha value is -2.22. The summed E-state index contributed by atoms with van der Waals surface area (Å²) in [6, 6.07) is 9.19. The number of benzene rings is 1. The maximum atomic E-state index is 12.6. The summed E-state index contributed by atoms with van der Waals surface area (Å²) < 4.78 is 10.9. The Balaban J connectivity index is 0.00000243. The van der Waals surface area contributed by atoms with E-state index in [0.29, 0.717) is 50.0 Å². The Bertz CT molecular complexity index is 733. The van der Waals surface area contributed by atoms with Crippen LogP contribution in [-0.4, -0.2) is 35.6 Å². The molecule has 3 N–H and O–H groups in total. The molecule has 0 atom stereocenters. The van der Waals surface area contributed by atoms with E-state index in [1.807, 2.05) is 6.92 Å². The van der Waals surface area contributed by atoms with Crippen molar-refractivity contribution in [3.05, 3.63) is 42.2 Å². The molecule has 0 saturated carbocycles. The maximum Gasteiger partial charge on any atom is 0.322 e. The third kappa shape index (κ3) is 4.69. The largest absolute Gasteiger partial charge is 0.424 e. The summed E-state index contributed by atoms with van der Waals surface area (Å²) in [4.78, 5) is 20.9. The first-order valence-electron chi connectivity index (χ1n) is 8.28. The molecular weight excluding hydrogens is 356 g/mol. The topological polar surface area (TPSA) is 99.4 Å². The van der Waals surface area contributed by atoms with Crippen LogP contribution in [0.4, 0.5) is 5.69 Å². The molecule has 140 valence electrons. The zero-order chi connectivity index (χ0) is 17.7. The number of hydrogen-bond donors (Lipinski definition) is 2. The molecule has 1 aliphatic rings. The van der Waals surface area contributed by atoms with Gasteiger partial charge in [0.25, 0.3) is 0 Å². The van der Waals surface area contributed by atoms with Gasteiger partial charge in [0, 0.05) is 37.3 Å². The molecule has 7 nitrogen and oxygen atoms in total. The van der Waals surface area contributed by atoms with E-state index in [1.54, 1.807) is 36.5 Å². The van der Waals surface area contributed by atoms with Crippen LogP contribution in [0.5, 0.6) is 11.8 Å². The smallest absolute Gasteiger partial charge is 0.322 e. The van der Waals surface area contributed by atoms with Gasteiger partial charge in [-0.1, -0.05) is 0 Å². The fourth-order valence-corrected chi connectivity index (χ4v) is 2.74. The van der Waals surface area contributed by atoms with Crippen LogP contribution in [0.2, 0.25) is 0 Å². The third-order valence-corrected chi connectivity index (χ3v) is 4.42. The molecule has 1 aromatic carbocycles. The van der Waals surface area contributed by atoms with Crippen molar-refractivity contribution in [2.24, 2.45) is 11.1 Å². The summed E-state index contributed by atoms with van der Waals surface area (Å²) in [6.07, 6.45) is 2.93. The molecule has 1 aromatic heterocycles. The van der Waals surface area contributed by atoms with Crippen molar-refractivity contribution >= 4 is 24.0 Å². The molecule has 8 heteroatoms. The number of anilines is 1. The molecule has 2 aromatic rings. The first-order chi connectivity index (χ1) is 12.1. The monoisotopic (exact) mass is 378 g/mol. The predicted octanol–water partition coefficient (Wildman–Crippen LogP) is 2.69. The normalized spacial score (nSPS) is 15.6. The van der Waals surface area contributed by atoms with Crippen LogP contribution in [0.3, 0.4) is 0 Å². The van der Waals surface area contributed by atoms with Crippen LogP contribution in [0.15, 0.2) is 36.5 Å². The van der Waals surface area contributed by atoms with Crippen LogP contribution in [-0.2, 0) is 9.53 Å². The second kappa shape index (κ2) is 8.93. The minimum atomic E-state index is -0.553. The highest BCUT2D eigenvalue weighted by Crippen LogP contribution is 2.31. The van der Waals surface area contributed by atoms with E-state index in [2.05, 4.69) is 15.3 Å². The highest BCUT2D eigenvalue weighted by molar-refractivity contribution is 5.95. The van der Waals surface area contributed by atoms with Gasteiger partial charge in [0.05, 0.1) is 5.41 Å². The Morgan fingerprint density at radius 3 is 2.58 bits per heavy atom. The molecule has 3 rings (SSSR count). The minimum absolute atomic E-state index is 0. The molecule has 1 fully saturated rings. The first kappa shape index (κ1) is 20.1. The number of aromatic nitrogens is 2. The Morgan fingerprint density at radius 1 is 1.27 bits per heavy atom. The van der Waals surface area contributed by atoms with Crippen molar-refractivity contribution < 1.29 is 14.3 Å². The molecule has 2 heterocycles. The Morgan fingerprint density at radius 2 is 1.96 bits per heavy atom. The molecular formula is C18H23ClN4O3. The summed E-state index contributed by atoms with van der Waals surface area (Å²) in [5.41, 5.74) is 6.84. The van der Waals surface area contributed by atoms with Crippen molar-refractivity contribution in [1.29, 1.82) is 0 Å². The van der Waals surface area contributed by atoms with Gasteiger partial charge in [0.2, 0.25) is 5.91 Å². The van der Waals surface area contributed by atoms with Gasteiger partial charge in [-0.15, -0.1) is 12.4 Å². The second-order valence-electron chi connectivity index (χ2n) is 6.16. The van der Waals surface area contributed by atoms with Crippen molar-refractivity contribution in [3.63, 3.8) is 0 Å². The van der Waals surface area contributed by atoms with E-state index in [4.69, 9.17) is 15.2 Å². The van der Waals surface area contributed by atoms with Gasteiger partial charge in [0.15, 0.2) is 0 Å². The SMILES string of the molecule is Cc1ccnc(Oc2ccc(NC(=O)C3(CN)CCOCC3)cc2)n1.Cl. The number of nitrogens with one attached hydrogen (secondary N) is 1. The van der Waals surface area contributed by atoms with Crippen LogP contribution in [0.25, 0.3) is 0 Å². The zero-order valence-corrected chi connectivity index (χ0v) is 15.4. The number of halogens is 1. The number of amides is 1. The first-order valence-corrected chi connectivity index (χ1v) is 8.28. The van der Waals surface area contributed by atoms with Crippen molar-refractivity contribution in [1.82, 2.24) is 9.97 Å². The molecule has 1 aliphatic heterocycles. The van der Waals surface area contributed by atoms with Crippen LogP contribution in [0.1, 0.15) is 18.5 Å². The molecule has 0 bridgehead atoms. The lowest BCUT2D eigenvalue weighted by Crippen LogP contribution is -2.46. The molecule has 26 heavy (non-hydrogen) atoms. The summed E-state index contributed by atoms with van der Waals surface area (Å²) in [7, 11) is 0. The standard InChI is InChI=1S/C18H22N4O3.ClH/c1-13-6-9-20-17(21-13)25-15-4-2-14(3-5-15)22-16(23)18(12-19)7-10-24-11-8-18;/h2-6,9H,7-8,10-12,19H2,1H3,(H,22,23);1H. The molecule has 0 aliphatic carbocycles. The zero-order valence-electron chi connectivity index (χ0n) is 14.6. The average molecular weight is 379 g/mol. The van der Waals surface area contributed by atoms with E-state index in [-0.39, 0.29) is 18.3 Å². The summed E-state index contributed by atoms with van der Waals surface area (Å²) in [5, 5.41) is 2.94. The van der Waals surface area contributed by atoms with Gasteiger partial charge in [-0.05, 0) is 50.1 Å². The van der Waals surface area contributed by atoms with Gasteiger partial charge in [0.1, 0.15) is 5.75 Å². The fourth-order valence-electron chi connectivity index (χ4n) is 2.74. The van der Waals surface area contributed by atoms with Gasteiger partial charge < -0.3 is 20.5 Å². The highest BCUT2D eigenvalue weighted by Gasteiger charge is 2.38. The van der Waals surface area contributed by atoms with E-state index >= 15 is 0 Å². The van der Waals surface area contributed by atoms with Gasteiger partial charge in [-0.3, -0.25) is 4.79 Å². The number of nitrogens with zero attached hydrogens (tertiary/aromatic N) is 2. The lowest BCUT2D eigenvalue weighted by molar-refractivity contribution is -0.130. The molecule has 1 saturated heterocycles. The maximum absolute atomic E-state index is 12.6. The van der Waals surface area contributed by atoms with Crippen LogP contribution < -0.4 is 15.8 Å². The lowest BCUT2D eigenvalue weighted by atomic mass is 9.79. The van der Waals surface area contributed by atoms with E-state index in [9.17, 15) is 4.79 Å². The fraction of sp³-hybridized carbons (Fsp3) is 0.389. The number of ether oxygens (including phenoxy) is 2. The Kier molecular flexibility index (Phi) is 6.90. The number of carbonyl (C=O) groups excluding carboxylic acids is 1. The van der Waals surface area contributed by atoms with Gasteiger partial charge >= 0.3 is 6.01 Å². The van der Waals surface area contributed by atoms with E-state index in [1.165, 1.54) is 0 Å². The number of hydrogen-bond acceptors (Lipinski definition) is 6. The quantitative estimate of drug-likeness (QED) is 0.829. The van der Waals surface area contributed by atoms with Crippen molar-refractivity contribution in [2.75, 3.05) is 25.1 Å². The van der Waals surface area contributed by atoms with Crippen molar-refractivity contribution in [2.45, 2.75) is 19.8 Å². The number of rotatable bonds is 5. The third-order valence-electron chi connectivity index (χ3n) is 4.42. The van der Waals surface area contributed by atoms with E-state index < -0.39 is 5.41 Å². The lowest BCUT2D eigenvalue weighted by Gasteiger charge is -2.34. The minimum Gasteiger partial charge on any atom is -0.424 e. The highest BCUT2D eigenvalue weighted by atomic mass is 35.5. The van der Waals surface area contributed by atoms with Gasteiger partial charge in [-0.2, -0.15) is 0 Å². The number of nitrogens with two attached hydrogens (primary N) is 1. The summed E-state index contributed by atoms with van der Waals surface area (Å²) in [5.74, 6) is 0.539. The van der Waals surface area contributed by atoms with Crippen LogP contribution in [0, 0.1) is 12.3 Å².